The Morgan fingerprint density at radius 2 is 1.95 bits per heavy atom. The average Bonchev–Trinajstić information content (AvgIpc) is 2.86. The number of hydrogen-bond donors (Lipinski definition) is 1. The zero-order valence-corrected chi connectivity index (χ0v) is 12.0. The van der Waals surface area contributed by atoms with Gasteiger partial charge in [-0.2, -0.15) is 18.1 Å². The number of carbonyl (C=O) groups is 3. The van der Waals surface area contributed by atoms with Gasteiger partial charge >= 0.3 is 14.2 Å². The molecule has 0 fully saturated rings. The molecule has 0 aliphatic rings. The summed E-state index contributed by atoms with van der Waals surface area (Å²) in [6.07, 6.45) is -7.20. The fraction of sp³-hybridized carbons (Fsp3) is 0.364. The predicted molar refractivity (Wildman–Crippen MR) is 67.5 cm³/mol. The summed E-state index contributed by atoms with van der Waals surface area (Å²) in [4.78, 5) is 43.0. The van der Waals surface area contributed by atoms with Crippen molar-refractivity contribution < 1.29 is 37.0 Å². The quantitative estimate of drug-likeness (QED) is 0.467. The molecule has 0 bridgehead atoms. The number of ketones is 3. The summed E-state index contributed by atoms with van der Waals surface area (Å²) in [5.41, 5.74) is 0. The van der Waals surface area contributed by atoms with Crippen LogP contribution in [0.15, 0.2) is 17.5 Å². The molecule has 114 valence electrons. The third-order valence-electron chi connectivity index (χ3n) is 2.42. The van der Waals surface area contributed by atoms with Gasteiger partial charge in [0.2, 0.25) is 11.9 Å². The Morgan fingerprint density at radius 1 is 1.33 bits per heavy atom. The van der Waals surface area contributed by atoms with Crippen molar-refractivity contribution in [1.29, 1.82) is 0 Å². The molecule has 0 saturated carbocycles. The number of thiophene rings is 1. The zero-order valence-electron chi connectivity index (χ0n) is 10.3. The first-order valence-corrected chi connectivity index (χ1v) is 7.74. The fourth-order valence-electron chi connectivity index (χ4n) is 1.54. The van der Waals surface area contributed by atoms with Crippen molar-refractivity contribution in [1.82, 2.24) is 0 Å². The molecule has 21 heavy (non-hydrogen) atoms. The van der Waals surface area contributed by atoms with E-state index >= 15 is 0 Å². The molecule has 0 aromatic carbocycles. The molecule has 1 aromatic heterocycles. The zero-order chi connectivity index (χ0) is 16.2. The highest BCUT2D eigenvalue weighted by atomic mass is 32.1. The van der Waals surface area contributed by atoms with Gasteiger partial charge in [0.05, 0.1) is 10.8 Å². The van der Waals surface area contributed by atoms with Crippen LogP contribution in [0.25, 0.3) is 0 Å². The number of halogens is 3. The molecular formula is C11H9F3O5PS+. The highest BCUT2D eigenvalue weighted by Gasteiger charge is 2.47. The minimum absolute atomic E-state index is 0.0845. The normalized spacial score (nSPS) is 13.6. The number of alkyl halides is 3. The van der Waals surface area contributed by atoms with Gasteiger partial charge in [-0.1, -0.05) is 6.07 Å². The van der Waals surface area contributed by atoms with Crippen molar-refractivity contribution in [3.63, 3.8) is 0 Å². The lowest BCUT2D eigenvalue weighted by molar-refractivity contribution is -0.174. The van der Waals surface area contributed by atoms with Gasteiger partial charge in [-0.15, -0.1) is 11.3 Å². The second-order valence-electron chi connectivity index (χ2n) is 4.01. The summed E-state index contributed by atoms with van der Waals surface area (Å²) in [6, 6.07) is 2.65. The highest BCUT2D eigenvalue weighted by Crippen LogP contribution is 2.28. The Morgan fingerprint density at radius 3 is 2.38 bits per heavy atom. The molecule has 10 heteroatoms. The lowest BCUT2D eigenvalue weighted by atomic mass is 9.92. The van der Waals surface area contributed by atoms with Gasteiger partial charge in [-0.05, 0) is 16.0 Å². The van der Waals surface area contributed by atoms with Crippen LogP contribution in [0.3, 0.4) is 0 Å². The fourth-order valence-corrected chi connectivity index (χ4v) is 2.69. The van der Waals surface area contributed by atoms with Gasteiger partial charge in [0.15, 0.2) is 11.6 Å². The smallest absolute Gasteiger partial charge is 0.295 e. The summed E-state index contributed by atoms with van der Waals surface area (Å²) >= 11 is 0.841. The van der Waals surface area contributed by atoms with Crippen LogP contribution in [-0.2, 0) is 14.2 Å². The Balaban J connectivity index is 3.00. The van der Waals surface area contributed by atoms with Crippen molar-refractivity contribution in [3.05, 3.63) is 22.4 Å². The Hall–Kier alpha value is -1.44. The van der Waals surface area contributed by atoms with Crippen LogP contribution in [0.2, 0.25) is 0 Å². The van der Waals surface area contributed by atoms with E-state index in [2.05, 4.69) is 0 Å². The van der Waals surface area contributed by atoms with Gasteiger partial charge in [0, 0.05) is 6.42 Å². The van der Waals surface area contributed by atoms with E-state index in [4.69, 9.17) is 4.89 Å². The maximum Gasteiger partial charge on any atom is 0.513 e. The first-order valence-electron chi connectivity index (χ1n) is 5.47. The SMILES string of the molecule is O=C(CC(C(=O)c1cccs1)C(=O)C(F)(F)F)C[P+](=O)O. The van der Waals surface area contributed by atoms with E-state index < -0.39 is 50.1 Å². The second kappa shape index (κ2) is 7.02. The third kappa shape index (κ3) is 5.11. The molecule has 1 rings (SSSR count). The largest absolute Gasteiger partial charge is 0.513 e. The van der Waals surface area contributed by atoms with Gasteiger partial charge in [0.25, 0.3) is 0 Å². The van der Waals surface area contributed by atoms with Crippen molar-refractivity contribution in [2.75, 3.05) is 6.16 Å². The lowest BCUT2D eigenvalue weighted by Gasteiger charge is -2.14. The molecule has 0 saturated heterocycles. The van der Waals surface area contributed by atoms with Crippen LogP contribution >= 0.6 is 19.4 Å². The summed E-state index contributed by atoms with van der Waals surface area (Å²) in [7, 11) is -2.88. The molecule has 2 unspecified atom stereocenters. The average molecular weight is 341 g/mol. The van der Waals surface area contributed by atoms with Crippen molar-refractivity contribution >= 4 is 36.7 Å². The molecule has 0 aliphatic heterocycles. The minimum atomic E-state index is -5.26. The van der Waals surface area contributed by atoms with Crippen LogP contribution < -0.4 is 0 Å². The minimum Gasteiger partial charge on any atom is -0.295 e. The maximum atomic E-state index is 12.5. The highest BCUT2D eigenvalue weighted by molar-refractivity contribution is 7.39. The Bertz CT molecular complexity index is 567. The number of rotatable bonds is 7. The lowest BCUT2D eigenvalue weighted by Crippen LogP contribution is -2.36. The van der Waals surface area contributed by atoms with E-state index in [1.807, 2.05) is 0 Å². The molecule has 1 aromatic rings. The summed E-state index contributed by atoms with van der Waals surface area (Å²) in [5, 5.41) is 1.44. The standard InChI is InChI=1S/C11H8F3O5PS/c12-11(13,14)10(17)7(4-6(15)5-20(18)19)9(16)8-2-1-3-21-8/h1-3,7H,4-5H2/p+1. The summed E-state index contributed by atoms with van der Waals surface area (Å²) in [6.45, 7) is 0. The van der Waals surface area contributed by atoms with Gasteiger partial charge in [-0.25, -0.2) is 0 Å². The van der Waals surface area contributed by atoms with Gasteiger partial charge < -0.3 is 0 Å². The van der Waals surface area contributed by atoms with E-state index in [0.717, 1.165) is 11.3 Å². The molecular weight excluding hydrogens is 332 g/mol. The topological polar surface area (TPSA) is 88.5 Å². The molecule has 2 atom stereocenters. The molecule has 0 aliphatic carbocycles. The Kier molecular flexibility index (Phi) is 5.88. The van der Waals surface area contributed by atoms with Crippen molar-refractivity contribution in [2.24, 2.45) is 5.92 Å². The van der Waals surface area contributed by atoms with Crippen molar-refractivity contribution in [3.8, 4) is 0 Å². The first kappa shape index (κ1) is 17.6. The van der Waals surface area contributed by atoms with Crippen LogP contribution in [0, 0.1) is 5.92 Å². The summed E-state index contributed by atoms with van der Waals surface area (Å²) < 4.78 is 48.0. The monoisotopic (exact) mass is 341 g/mol. The number of carbonyl (C=O) groups excluding carboxylic acids is 3. The second-order valence-corrected chi connectivity index (χ2v) is 5.98. The van der Waals surface area contributed by atoms with E-state index in [1.165, 1.54) is 17.5 Å². The predicted octanol–water partition coefficient (Wildman–Crippen LogP) is 2.37. The molecule has 1 heterocycles. The number of Topliss-reactive ketones (excluding diaryl/α,β-unsaturated/α-hetero) is 3. The van der Waals surface area contributed by atoms with E-state index in [0.29, 0.717) is 0 Å². The van der Waals surface area contributed by atoms with E-state index in [1.54, 1.807) is 0 Å². The van der Waals surface area contributed by atoms with Crippen LogP contribution in [0.4, 0.5) is 13.2 Å². The van der Waals surface area contributed by atoms with Crippen LogP contribution in [0.1, 0.15) is 16.1 Å². The van der Waals surface area contributed by atoms with Crippen molar-refractivity contribution in [2.45, 2.75) is 12.6 Å². The maximum absolute atomic E-state index is 12.5. The van der Waals surface area contributed by atoms with E-state index in [-0.39, 0.29) is 4.88 Å². The van der Waals surface area contributed by atoms with Crippen LogP contribution in [-0.4, -0.2) is 34.6 Å². The van der Waals surface area contributed by atoms with Gasteiger partial charge in [0.1, 0.15) is 0 Å². The van der Waals surface area contributed by atoms with Crippen LogP contribution in [0.5, 0.6) is 0 Å². The molecule has 5 nitrogen and oxygen atoms in total. The molecule has 0 radical (unpaired) electrons. The molecule has 0 amide bonds. The molecule has 0 spiro atoms. The Labute approximate surface area is 121 Å². The van der Waals surface area contributed by atoms with E-state index in [9.17, 15) is 32.1 Å². The van der Waals surface area contributed by atoms with Gasteiger partial charge in [-0.3, -0.25) is 14.4 Å². The first-order chi connectivity index (χ1) is 9.62. The molecule has 1 N–H and O–H groups in total. The summed E-state index contributed by atoms with van der Waals surface area (Å²) in [5.74, 6) is -6.71. The third-order valence-corrected chi connectivity index (χ3v) is 3.93. The number of hydrogen-bond acceptors (Lipinski definition) is 5.